The van der Waals surface area contributed by atoms with Crippen LogP contribution in [0.5, 0.6) is 0 Å². The van der Waals surface area contributed by atoms with E-state index in [9.17, 15) is 9.59 Å². The summed E-state index contributed by atoms with van der Waals surface area (Å²) in [6.07, 6.45) is 3.74. The number of benzene rings is 1. The van der Waals surface area contributed by atoms with E-state index in [2.05, 4.69) is 34.2 Å². The van der Waals surface area contributed by atoms with Crippen LogP contribution in [0.2, 0.25) is 0 Å². The van der Waals surface area contributed by atoms with Gasteiger partial charge in [0.15, 0.2) is 5.82 Å². The Balaban J connectivity index is 0.00000240. The number of likely N-dealkylation sites (tertiary alicyclic amines) is 1. The van der Waals surface area contributed by atoms with Crippen LogP contribution < -0.4 is 10.2 Å². The Labute approximate surface area is 177 Å². The van der Waals surface area contributed by atoms with E-state index in [4.69, 9.17) is 0 Å². The first-order valence-electron chi connectivity index (χ1n) is 9.61. The van der Waals surface area contributed by atoms with Crippen molar-refractivity contribution >= 4 is 41.4 Å². The van der Waals surface area contributed by atoms with Gasteiger partial charge in [-0.1, -0.05) is 12.1 Å². The molecular formula is C21H26ClN5O2. The van der Waals surface area contributed by atoms with Crippen LogP contribution in [0.25, 0.3) is 0 Å². The third-order valence-corrected chi connectivity index (χ3v) is 5.53. The van der Waals surface area contributed by atoms with Gasteiger partial charge in [0.05, 0.1) is 23.5 Å². The van der Waals surface area contributed by atoms with Crippen molar-refractivity contribution in [3.8, 4) is 0 Å². The van der Waals surface area contributed by atoms with Crippen LogP contribution in [0.3, 0.4) is 0 Å². The van der Waals surface area contributed by atoms with Crippen LogP contribution in [-0.4, -0.2) is 66.4 Å². The number of fused-ring (bicyclic) bond motifs is 2. The maximum atomic E-state index is 13.4. The van der Waals surface area contributed by atoms with Crippen molar-refractivity contribution in [2.45, 2.75) is 18.9 Å². The number of nitrogens with zero attached hydrogens (tertiary/aromatic N) is 4. The highest BCUT2D eigenvalue weighted by Gasteiger charge is 2.31. The van der Waals surface area contributed by atoms with Crippen LogP contribution in [0.1, 0.15) is 23.2 Å². The molecule has 1 aromatic carbocycles. The molecule has 1 N–H and O–H groups in total. The number of carbonyl (C=O) groups excluding carboxylic acids is 2. The first-order chi connectivity index (χ1) is 13.5. The molecule has 154 valence electrons. The minimum absolute atomic E-state index is 0. The van der Waals surface area contributed by atoms with Gasteiger partial charge in [-0.2, -0.15) is 0 Å². The number of hydrogen-bond donors (Lipinski definition) is 1. The zero-order valence-electron chi connectivity index (χ0n) is 16.7. The average Bonchev–Trinajstić information content (AvgIpc) is 2.82. The fourth-order valence-electron chi connectivity index (χ4n) is 3.95. The van der Waals surface area contributed by atoms with Crippen LogP contribution >= 0.6 is 12.4 Å². The van der Waals surface area contributed by atoms with Gasteiger partial charge in [0.25, 0.3) is 5.91 Å². The summed E-state index contributed by atoms with van der Waals surface area (Å²) in [7, 11) is 4.21. The Kier molecular flexibility index (Phi) is 6.52. The fraction of sp³-hybridized carbons (Fsp3) is 0.381. The zero-order valence-corrected chi connectivity index (χ0v) is 17.5. The number of hydrogen-bond acceptors (Lipinski definition) is 5. The minimum Gasteiger partial charge on any atom is -0.319 e. The molecule has 0 bridgehead atoms. The van der Waals surface area contributed by atoms with Crippen molar-refractivity contribution in [3.05, 3.63) is 48.2 Å². The molecule has 7 nitrogen and oxygen atoms in total. The SMILES string of the molecule is CN(C)C1CCN(CC(=O)N2c3ccccc3C(=O)Nc3cccnc32)CC1.Cl. The van der Waals surface area contributed by atoms with E-state index in [1.54, 1.807) is 41.4 Å². The van der Waals surface area contributed by atoms with E-state index >= 15 is 0 Å². The molecule has 8 heteroatoms. The number of piperidine rings is 1. The van der Waals surface area contributed by atoms with Crippen LogP contribution in [0.4, 0.5) is 17.2 Å². The van der Waals surface area contributed by atoms with Gasteiger partial charge in [0.2, 0.25) is 5.91 Å². The Morgan fingerprint density at radius 3 is 2.62 bits per heavy atom. The number of carbonyl (C=O) groups is 2. The summed E-state index contributed by atoms with van der Waals surface area (Å²) in [5.74, 6) is 0.160. The Bertz CT molecular complexity index is 896. The van der Waals surface area contributed by atoms with Gasteiger partial charge >= 0.3 is 0 Å². The second kappa shape index (κ2) is 8.90. The first-order valence-corrected chi connectivity index (χ1v) is 9.61. The molecule has 2 aliphatic rings. The molecule has 4 rings (SSSR count). The Hall–Kier alpha value is -2.48. The summed E-state index contributed by atoms with van der Waals surface area (Å²) in [4.78, 5) is 36.4. The molecular weight excluding hydrogens is 390 g/mol. The van der Waals surface area contributed by atoms with Crippen molar-refractivity contribution in [2.75, 3.05) is 43.9 Å². The number of amides is 2. The number of para-hydroxylation sites is 1. The third-order valence-electron chi connectivity index (χ3n) is 5.53. The number of pyridine rings is 1. The topological polar surface area (TPSA) is 68.8 Å². The molecule has 2 amide bonds. The second-order valence-corrected chi connectivity index (χ2v) is 7.55. The van der Waals surface area contributed by atoms with Crippen LogP contribution in [0, 0.1) is 0 Å². The van der Waals surface area contributed by atoms with Gasteiger partial charge in [-0.05, 0) is 51.2 Å². The van der Waals surface area contributed by atoms with Crippen molar-refractivity contribution in [3.63, 3.8) is 0 Å². The lowest BCUT2D eigenvalue weighted by atomic mass is 10.0. The van der Waals surface area contributed by atoms with E-state index in [1.807, 2.05) is 6.07 Å². The lowest BCUT2D eigenvalue weighted by Gasteiger charge is -2.35. The van der Waals surface area contributed by atoms with Crippen LogP contribution in [0.15, 0.2) is 42.6 Å². The summed E-state index contributed by atoms with van der Waals surface area (Å²) in [6.45, 7) is 2.07. The third kappa shape index (κ3) is 4.27. The van der Waals surface area contributed by atoms with Gasteiger partial charge < -0.3 is 10.2 Å². The molecule has 0 atom stereocenters. The second-order valence-electron chi connectivity index (χ2n) is 7.55. The van der Waals surface area contributed by atoms with Crippen molar-refractivity contribution < 1.29 is 9.59 Å². The molecule has 29 heavy (non-hydrogen) atoms. The number of halogens is 1. The quantitative estimate of drug-likeness (QED) is 0.834. The van der Waals surface area contributed by atoms with Crippen molar-refractivity contribution in [1.82, 2.24) is 14.8 Å². The fourth-order valence-corrected chi connectivity index (χ4v) is 3.95. The molecule has 2 aliphatic heterocycles. The van der Waals surface area contributed by atoms with Gasteiger partial charge in [0, 0.05) is 25.3 Å². The Morgan fingerprint density at radius 2 is 1.90 bits per heavy atom. The minimum atomic E-state index is -0.230. The van der Waals surface area contributed by atoms with Gasteiger partial charge in [-0.25, -0.2) is 4.98 Å². The van der Waals surface area contributed by atoms with Crippen molar-refractivity contribution in [1.29, 1.82) is 0 Å². The predicted molar refractivity (Wildman–Crippen MR) is 116 cm³/mol. The molecule has 0 radical (unpaired) electrons. The maximum Gasteiger partial charge on any atom is 0.257 e. The highest BCUT2D eigenvalue weighted by Crippen LogP contribution is 2.36. The average molecular weight is 416 g/mol. The number of anilines is 3. The molecule has 1 saturated heterocycles. The van der Waals surface area contributed by atoms with E-state index < -0.39 is 0 Å². The van der Waals surface area contributed by atoms with Gasteiger partial charge in [0.1, 0.15) is 0 Å². The first kappa shape index (κ1) is 21.2. The smallest absolute Gasteiger partial charge is 0.257 e. The number of rotatable bonds is 3. The summed E-state index contributed by atoms with van der Waals surface area (Å²) in [5.41, 5.74) is 1.59. The van der Waals surface area contributed by atoms with Crippen molar-refractivity contribution in [2.24, 2.45) is 0 Å². The van der Waals surface area contributed by atoms with E-state index in [-0.39, 0.29) is 24.2 Å². The standard InChI is InChI=1S/C21H25N5O2.ClH/c1-24(2)15-9-12-25(13-10-15)14-19(27)26-18-8-4-3-6-16(18)21(28)23-17-7-5-11-22-20(17)26;/h3-8,11,15H,9-10,12-14H2,1-2H3,(H,23,28);1H. The normalized spacial score (nSPS) is 17.1. The molecule has 2 aromatic rings. The molecule has 0 unspecified atom stereocenters. The van der Waals surface area contributed by atoms with Crippen LogP contribution in [-0.2, 0) is 4.79 Å². The highest BCUT2D eigenvalue weighted by atomic mass is 35.5. The van der Waals surface area contributed by atoms with Gasteiger partial charge in [-0.3, -0.25) is 19.4 Å². The monoisotopic (exact) mass is 415 g/mol. The molecule has 3 heterocycles. The largest absolute Gasteiger partial charge is 0.319 e. The lowest BCUT2D eigenvalue weighted by molar-refractivity contribution is -0.119. The number of nitrogens with one attached hydrogen (secondary N) is 1. The molecule has 0 aliphatic carbocycles. The molecule has 0 spiro atoms. The van der Waals surface area contributed by atoms with E-state index in [1.165, 1.54) is 0 Å². The number of aromatic nitrogens is 1. The summed E-state index contributed by atoms with van der Waals surface area (Å²) in [6, 6.07) is 11.3. The van der Waals surface area contributed by atoms with Gasteiger partial charge in [-0.15, -0.1) is 12.4 Å². The lowest BCUT2D eigenvalue weighted by Crippen LogP contribution is -2.46. The maximum absolute atomic E-state index is 13.4. The molecule has 0 saturated carbocycles. The summed E-state index contributed by atoms with van der Waals surface area (Å²) in [5, 5.41) is 2.87. The summed E-state index contributed by atoms with van der Waals surface area (Å²) < 4.78 is 0. The van der Waals surface area contributed by atoms with E-state index in [0.717, 1.165) is 25.9 Å². The van der Waals surface area contributed by atoms with E-state index in [0.29, 0.717) is 35.3 Å². The highest BCUT2D eigenvalue weighted by molar-refractivity contribution is 6.17. The predicted octanol–water partition coefficient (Wildman–Crippen LogP) is 2.76. The molecule has 1 fully saturated rings. The zero-order chi connectivity index (χ0) is 19.7. The molecule has 1 aromatic heterocycles. The Morgan fingerprint density at radius 1 is 1.17 bits per heavy atom. The summed E-state index contributed by atoms with van der Waals surface area (Å²) >= 11 is 0.